The lowest BCUT2D eigenvalue weighted by Crippen LogP contribution is -2.47. The zero-order valence-electron chi connectivity index (χ0n) is 13.8. The number of para-hydroxylation sites is 2. The van der Waals surface area contributed by atoms with E-state index in [1.807, 2.05) is 25.4 Å². The lowest BCUT2D eigenvalue weighted by atomic mass is 10.3. The number of pyridine rings is 1. The second-order valence-electron chi connectivity index (χ2n) is 6.19. The number of benzene rings is 1. The quantitative estimate of drug-likeness (QED) is 0.686. The average molecular weight is 339 g/mol. The van der Waals surface area contributed by atoms with Crippen LogP contribution in [0.1, 0.15) is 0 Å². The van der Waals surface area contributed by atoms with Crippen molar-refractivity contribution in [3.63, 3.8) is 0 Å². The van der Waals surface area contributed by atoms with Crippen LogP contribution in [0, 0.1) is 4.77 Å². The van der Waals surface area contributed by atoms with Crippen molar-refractivity contribution in [2.24, 2.45) is 7.05 Å². The van der Waals surface area contributed by atoms with Crippen LogP contribution in [-0.4, -0.2) is 45.2 Å². The third-order valence-electron chi connectivity index (χ3n) is 4.74. The van der Waals surface area contributed by atoms with Crippen LogP contribution in [0.15, 0.2) is 48.7 Å². The molecule has 1 fully saturated rings. The number of hydrogen-bond acceptors (Lipinski definition) is 4. The molecule has 1 saturated heterocycles. The predicted octanol–water partition coefficient (Wildman–Crippen LogP) is 2.88. The van der Waals surface area contributed by atoms with Gasteiger partial charge in [-0.15, -0.1) is 0 Å². The molecule has 1 aliphatic heterocycles. The fraction of sp³-hybridized carbons (Fsp3) is 0.333. The third kappa shape index (κ3) is 2.72. The van der Waals surface area contributed by atoms with E-state index >= 15 is 0 Å². The molecule has 2 aromatic heterocycles. The molecule has 124 valence electrons. The molecule has 0 spiro atoms. The first kappa shape index (κ1) is 15.4. The zero-order valence-corrected chi connectivity index (χ0v) is 14.6. The van der Waals surface area contributed by atoms with E-state index < -0.39 is 0 Å². The molecule has 1 aromatic carbocycles. The SMILES string of the molecule is Cn1c(=S)n(CN2CCN(c3ccccn3)CC2)c2ccccc21. The minimum atomic E-state index is 0.843. The van der Waals surface area contributed by atoms with Gasteiger partial charge in [-0.3, -0.25) is 4.90 Å². The van der Waals surface area contributed by atoms with Gasteiger partial charge in [0.1, 0.15) is 5.82 Å². The Morgan fingerprint density at radius 3 is 2.38 bits per heavy atom. The van der Waals surface area contributed by atoms with Crippen molar-refractivity contribution in [3.8, 4) is 0 Å². The minimum Gasteiger partial charge on any atom is -0.354 e. The first-order valence-electron chi connectivity index (χ1n) is 8.26. The van der Waals surface area contributed by atoms with E-state index in [0.29, 0.717) is 0 Å². The summed E-state index contributed by atoms with van der Waals surface area (Å²) in [6.45, 7) is 4.86. The fourth-order valence-electron chi connectivity index (χ4n) is 3.36. The number of aryl methyl sites for hydroxylation is 1. The van der Waals surface area contributed by atoms with Crippen LogP contribution < -0.4 is 4.90 Å². The van der Waals surface area contributed by atoms with Crippen LogP contribution in [0.2, 0.25) is 0 Å². The number of piperazine rings is 1. The highest BCUT2D eigenvalue weighted by atomic mass is 32.1. The Labute approximate surface area is 146 Å². The van der Waals surface area contributed by atoms with Crippen LogP contribution in [0.3, 0.4) is 0 Å². The third-order valence-corrected chi connectivity index (χ3v) is 5.23. The molecule has 0 saturated carbocycles. The lowest BCUT2D eigenvalue weighted by molar-refractivity contribution is 0.207. The molecule has 3 heterocycles. The Morgan fingerprint density at radius 2 is 1.67 bits per heavy atom. The summed E-state index contributed by atoms with van der Waals surface area (Å²) in [5.74, 6) is 1.07. The van der Waals surface area contributed by atoms with Crippen LogP contribution >= 0.6 is 12.2 Å². The molecule has 24 heavy (non-hydrogen) atoms. The molecule has 0 aliphatic carbocycles. The van der Waals surface area contributed by atoms with E-state index in [9.17, 15) is 0 Å². The van der Waals surface area contributed by atoms with Crippen molar-refractivity contribution in [2.45, 2.75) is 6.67 Å². The monoisotopic (exact) mass is 339 g/mol. The van der Waals surface area contributed by atoms with Crippen molar-refractivity contribution in [1.29, 1.82) is 0 Å². The molecule has 0 unspecified atom stereocenters. The van der Waals surface area contributed by atoms with Gasteiger partial charge in [0.15, 0.2) is 4.77 Å². The molecule has 4 rings (SSSR count). The van der Waals surface area contributed by atoms with Gasteiger partial charge in [0.05, 0.1) is 17.7 Å². The van der Waals surface area contributed by atoms with Crippen molar-refractivity contribution < 1.29 is 0 Å². The summed E-state index contributed by atoms with van der Waals surface area (Å²) in [7, 11) is 2.04. The Bertz CT molecular complexity index is 891. The van der Waals surface area contributed by atoms with E-state index in [1.165, 1.54) is 11.0 Å². The summed E-state index contributed by atoms with van der Waals surface area (Å²) in [6, 6.07) is 14.5. The van der Waals surface area contributed by atoms with Gasteiger partial charge in [0.2, 0.25) is 0 Å². The number of nitrogens with zero attached hydrogens (tertiary/aromatic N) is 5. The Balaban J connectivity index is 1.50. The van der Waals surface area contributed by atoms with E-state index in [4.69, 9.17) is 12.2 Å². The topological polar surface area (TPSA) is 29.2 Å². The summed E-state index contributed by atoms with van der Waals surface area (Å²) >= 11 is 5.64. The van der Waals surface area contributed by atoms with Crippen molar-refractivity contribution in [2.75, 3.05) is 31.1 Å². The molecule has 0 amide bonds. The highest BCUT2D eigenvalue weighted by Crippen LogP contribution is 2.18. The van der Waals surface area contributed by atoms with E-state index in [0.717, 1.165) is 43.4 Å². The number of imidazole rings is 1. The smallest absolute Gasteiger partial charge is 0.181 e. The number of aromatic nitrogens is 3. The largest absolute Gasteiger partial charge is 0.354 e. The summed E-state index contributed by atoms with van der Waals surface area (Å²) in [4.78, 5) is 9.26. The standard InChI is InChI=1S/C18H21N5S/c1-20-15-6-2-3-7-16(15)23(18(20)24)14-21-10-12-22(13-11-21)17-8-4-5-9-19-17/h2-9H,10-14H2,1H3. The minimum absolute atomic E-state index is 0.843. The Hall–Kier alpha value is -2.18. The van der Waals surface area contributed by atoms with Crippen molar-refractivity contribution >= 4 is 29.1 Å². The maximum Gasteiger partial charge on any atom is 0.181 e. The lowest BCUT2D eigenvalue weighted by Gasteiger charge is -2.35. The van der Waals surface area contributed by atoms with E-state index in [1.54, 1.807) is 0 Å². The molecule has 6 heteroatoms. The molecule has 3 aromatic rings. The van der Waals surface area contributed by atoms with Crippen molar-refractivity contribution in [1.82, 2.24) is 19.0 Å². The molecule has 0 atom stereocenters. The first-order chi connectivity index (χ1) is 11.7. The van der Waals surface area contributed by atoms with E-state index in [-0.39, 0.29) is 0 Å². The van der Waals surface area contributed by atoms with Crippen molar-refractivity contribution in [3.05, 3.63) is 53.4 Å². The number of fused-ring (bicyclic) bond motifs is 1. The number of hydrogen-bond donors (Lipinski definition) is 0. The summed E-state index contributed by atoms with van der Waals surface area (Å²) < 4.78 is 5.21. The maximum absolute atomic E-state index is 5.64. The van der Waals surface area contributed by atoms with Gasteiger partial charge in [-0.2, -0.15) is 0 Å². The highest BCUT2D eigenvalue weighted by Gasteiger charge is 2.19. The maximum atomic E-state index is 5.64. The second kappa shape index (κ2) is 6.37. The molecule has 5 nitrogen and oxygen atoms in total. The molecule has 0 N–H and O–H groups in total. The molecular formula is C18H21N5S. The van der Waals surface area contributed by atoms with Gasteiger partial charge in [-0.05, 0) is 36.5 Å². The Morgan fingerprint density at radius 1 is 0.958 bits per heavy atom. The normalized spacial score (nSPS) is 16.0. The molecule has 0 bridgehead atoms. The van der Waals surface area contributed by atoms with Gasteiger partial charge in [-0.25, -0.2) is 4.98 Å². The van der Waals surface area contributed by atoms with Gasteiger partial charge < -0.3 is 14.0 Å². The van der Waals surface area contributed by atoms with Crippen LogP contribution in [0.5, 0.6) is 0 Å². The van der Waals surface area contributed by atoms with Gasteiger partial charge in [0, 0.05) is 39.4 Å². The average Bonchev–Trinajstić information content (AvgIpc) is 2.88. The molecule has 1 aliphatic rings. The van der Waals surface area contributed by atoms with Gasteiger partial charge >= 0.3 is 0 Å². The van der Waals surface area contributed by atoms with E-state index in [2.05, 4.69) is 54.2 Å². The molecule has 0 radical (unpaired) electrons. The highest BCUT2D eigenvalue weighted by molar-refractivity contribution is 7.71. The van der Waals surface area contributed by atoms with Gasteiger partial charge in [-0.1, -0.05) is 18.2 Å². The van der Waals surface area contributed by atoms with Crippen LogP contribution in [0.25, 0.3) is 11.0 Å². The second-order valence-corrected chi connectivity index (χ2v) is 6.56. The number of rotatable bonds is 3. The van der Waals surface area contributed by atoms with Crippen LogP contribution in [0.4, 0.5) is 5.82 Å². The Kier molecular flexibility index (Phi) is 4.08. The summed E-state index contributed by atoms with van der Waals surface area (Å²) in [5, 5.41) is 0. The first-order valence-corrected chi connectivity index (χ1v) is 8.67. The zero-order chi connectivity index (χ0) is 16.5. The summed E-state index contributed by atoms with van der Waals surface area (Å²) in [5.41, 5.74) is 2.40. The summed E-state index contributed by atoms with van der Waals surface area (Å²) in [6.07, 6.45) is 1.86. The van der Waals surface area contributed by atoms with Crippen LogP contribution in [-0.2, 0) is 13.7 Å². The van der Waals surface area contributed by atoms with Gasteiger partial charge in [0.25, 0.3) is 0 Å². The fourth-order valence-corrected chi connectivity index (χ4v) is 3.61. The number of anilines is 1. The predicted molar refractivity (Wildman–Crippen MR) is 99.8 cm³/mol. The molecular weight excluding hydrogens is 318 g/mol.